The third-order valence-corrected chi connectivity index (χ3v) is 8.23. The maximum atomic E-state index is 11.7. The van der Waals surface area contributed by atoms with Gasteiger partial charge in [0, 0.05) is 24.9 Å². The van der Waals surface area contributed by atoms with E-state index in [4.69, 9.17) is 5.11 Å². The SMILES string of the molecule is CCO.O=C(O)C1=C(SC2CN(c3nc4ccccc4s3)C2)SC2CC(=O)N12. The zero-order valence-corrected chi connectivity index (χ0v) is 17.5. The van der Waals surface area contributed by atoms with Crippen LogP contribution in [0.25, 0.3) is 10.2 Å². The molecule has 10 heteroatoms. The lowest BCUT2D eigenvalue weighted by Crippen LogP contribution is -2.49. The molecule has 2 aromatic rings. The first-order chi connectivity index (χ1) is 13.5. The van der Waals surface area contributed by atoms with Gasteiger partial charge in [-0.1, -0.05) is 35.2 Å². The fourth-order valence-electron chi connectivity index (χ4n) is 3.12. The first-order valence-corrected chi connectivity index (χ1v) is 11.4. The number of anilines is 1. The van der Waals surface area contributed by atoms with Gasteiger partial charge in [0.1, 0.15) is 0 Å². The Bertz CT molecular complexity index is 921. The van der Waals surface area contributed by atoms with Crippen LogP contribution < -0.4 is 4.90 Å². The summed E-state index contributed by atoms with van der Waals surface area (Å²) in [5.74, 6) is -1.09. The van der Waals surface area contributed by atoms with Crippen molar-refractivity contribution in [1.29, 1.82) is 0 Å². The summed E-state index contributed by atoms with van der Waals surface area (Å²) in [6.45, 7) is 3.63. The summed E-state index contributed by atoms with van der Waals surface area (Å²) < 4.78 is 1.95. The minimum Gasteiger partial charge on any atom is -0.477 e. The number of carbonyl (C=O) groups excluding carboxylic acids is 1. The standard InChI is InChI=1S/C16H13N3O3S3.C2H6O/c20-11-5-12-19(11)13(14(21)22)15(25-12)23-8-6-18(7-8)16-17-9-3-1-2-4-10(9)24-16;1-2-3/h1-4,8,12H,5-7H2,(H,21,22);3H,2H2,1H3. The molecule has 1 aromatic heterocycles. The van der Waals surface area contributed by atoms with Crippen LogP contribution in [-0.4, -0.2) is 62.3 Å². The number of thioether (sulfide) groups is 2. The van der Waals surface area contributed by atoms with Crippen LogP contribution in [0.1, 0.15) is 13.3 Å². The summed E-state index contributed by atoms with van der Waals surface area (Å²) in [6, 6.07) is 8.09. The first-order valence-electron chi connectivity index (χ1n) is 8.86. The molecule has 2 N–H and O–H groups in total. The summed E-state index contributed by atoms with van der Waals surface area (Å²) in [6.07, 6.45) is 0.438. The molecule has 0 radical (unpaired) electrons. The van der Waals surface area contributed by atoms with E-state index in [-0.39, 0.29) is 23.6 Å². The molecule has 1 aromatic carbocycles. The molecule has 7 nitrogen and oxygen atoms in total. The van der Waals surface area contributed by atoms with Crippen LogP contribution in [0.5, 0.6) is 0 Å². The van der Waals surface area contributed by atoms with Crippen LogP contribution in [0.2, 0.25) is 0 Å². The van der Waals surface area contributed by atoms with E-state index in [0.717, 1.165) is 28.0 Å². The monoisotopic (exact) mass is 437 g/mol. The molecule has 0 spiro atoms. The Morgan fingerprint density at radius 2 is 2.07 bits per heavy atom. The maximum Gasteiger partial charge on any atom is 0.354 e. The number of β-lactam (4-membered cyclic amide) rings is 1. The van der Waals surface area contributed by atoms with Gasteiger partial charge in [0.05, 0.1) is 26.2 Å². The van der Waals surface area contributed by atoms with Crippen LogP contribution in [0.15, 0.2) is 34.2 Å². The highest BCUT2D eigenvalue weighted by molar-refractivity contribution is 8.23. The van der Waals surface area contributed by atoms with E-state index in [1.165, 1.54) is 21.4 Å². The van der Waals surface area contributed by atoms with Gasteiger partial charge >= 0.3 is 5.97 Å². The van der Waals surface area contributed by atoms with Gasteiger partial charge in [-0.05, 0) is 19.1 Å². The molecule has 2 saturated heterocycles. The highest BCUT2D eigenvalue weighted by Crippen LogP contribution is 2.52. The number of aliphatic carboxylic acids is 1. The summed E-state index contributed by atoms with van der Waals surface area (Å²) in [4.78, 5) is 31.5. The number of rotatable bonds is 4. The highest BCUT2D eigenvalue weighted by Gasteiger charge is 2.49. The summed E-state index contributed by atoms with van der Waals surface area (Å²) in [5, 5.41) is 18.3. The molecule has 1 amide bonds. The Morgan fingerprint density at radius 3 is 2.71 bits per heavy atom. The fourth-order valence-corrected chi connectivity index (χ4v) is 7.27. The Balaban J connectivity index is 0.000000604. The molecule has 28 heavy (non-hydrogen) atoms. The van der Waals surface area contributed by atoms with E-state index in [0.29, 0.717) is 11.7 Å². The molecule has 3 aliphatic heterocycles. The van der Waals surface area contributed by atoms with Gasteiger partial charge in [-0.2, -0.15) is 0 Å². The first kappa shape index (κ1) is 19.6. The highest BCUT2D eigenvalue weighted by atomic mass is 32.2. The van der Waals surface area contributed by atoms with Crippen molar-refractivity contribution in [3.8, 4) is 0 Å². The zero-order valence-electron chi connectivity index (χ0n) is 15.1. The summed E-state index contributed by atoms with van der Waals surface area (Å²) in [5.41, 5.74) is 1.19. The lowest BCUT2D eigenvalue weighted by atomic mass is 10.2. The molecule has 1 atom stereocenters. The van der Waals surface area contributed by atoms with Crippen LogP contribution >= 0.6 is 34.9 Å². The molecule has 148 valence electrons. The van der Waals surface area contributed by atoms with Crippen molar-refractivity contribution in [2.45, 2.75) is 24.0 Å². The largest absolute Gasteiger partial charge is 0.477 e. The molecule has 0 saturated carbocycles. The van der Waals surface area contributed by atoms with Crippen LogP contribution in [0, 0.1) is 0 Å². The smallest absolute Gasteiger partial charge is 0.354 e. The van der Waals surface area contributed by atoms with Gasteiger partial charge in [0.15, 0.2) is 10.8 Å². The maximum absolute atomic E-state index is 11.7. The number of hydrogen-bond acceptors (Lipinski definition) is 8. The van der Waals surface area contributed by atoms with E-state index < -0.39 is 5.97 Å². The number of nitrogens with zero attached hydrogens (tertiary/aromatic N) is 3. The van der Waals surface area contributed by atoms with E-state index in [9.17, 15) is 14.7 Å². The number of carboxylic acids is 1. The van der Waals surface area contributed by atoms with Crippen LogP contribution in [-0.2, 0) is 9.59 Å². The number of aliphatic hydroxyl groups excluding tert-OH is 1. The fraction of sp³-hybridized carbons (Fsp3) is 0.389. The second-order valence-corrected chi connectivity index (χ2v) is 10.2. The average Bonchev–Trinajstić information content (AvgIpc) is 3.16. The zero-order chi connectivity index (χ0) is 19.8. The van der Waals surface area contributed by atoms with E-state index in [1.54, 1.807) is 30.0 Å². The van der Waals surface area contributed by atoms with E-state index in [1.807, 2.05) is 18.2 Å². The second-order valence-electron chi connectivity index (χ2n) is 6.41. The number of aromatic nitrogens is 1. The van der Waals surface area contributed by atoms with Crippen molar-refractivity contribution in [2.75, 3.05) is 24.6 Å². The molecular weight excluding hydrogens is 418 g/mol. The van der Waals surface area contributed by atoms with Crippen molar-refractivity contribution in [3.05, 3.63) is 34.2 Å². The van der Waals surface area contributed by atoms with Crippen molar-refractivity contribution in [1.82, 2.24) is 9.88 Å². The van der Waals surface area contributed by atoms with Crippen molar-refractivity contribution in [3.63, 3.8) is 0 Å². The number of carbonyl (C=O) groups is 2. The number of hydrogen-bond donors (Lipinski definition) is 2. The van der Waals surface area contributed by atoms with Gasteiger partial charge in [-0.3, -0.25) is 9.69 Å². The Kier molecular flexibility index (Phi) is 5.55. The number of para-hydroxylation sites is 1. The quantitative estimate of drug-likeness (QED) is 0.706. The molecule has 3 aliphatic rings. The Morgan fingerprint density at radius 1 is 1.36 bits per heavy atom. The minimum absolute atomic E-state index is 0.0125. The predicted molar refractivity (Wildman–Crippen MR) is 113 cm³/mol. The molecule has 0 aliphatic carbocycles. The normalized spacial score (nSPS) is 21.2. The van der Waals surface area contributed by atoms with Crippen LogP contribution in [0.3, 0.4) is 0 Å². The number of benzene rings is 1. The van der Waals surface area contributed by atoms with Gasteiger partial charge < -0.3 is 15.1 Å². The van der Waals surface area contributed by atoms with Crippen molar-refractivity contribution >= 4 is 62.1 Å². The number of amides is 1. The third-order valence-electron chi connectivity index (χ3n) is 4.46. The summed E-state index contributed by atoms with van der Waals surface area (Å²) >= 11 is 4.79. The number of fused-ring (bicyclic) bond motifs is 2. The molecule has 1 unspecified atom stereocenters. The van der Waals surface area contributed by atoms with E-state index in [2.05, 4.69) is 16.0 Å². The number of thiazole rings is 1. The Labute approximate surface area is 174 Å². The lowest BCUT2D eigenvalue weighted by Gasteiger charge is -2.38. The van der Waals surface area contributed by atoms with Gasteiger partial charge in [-0.25, -0.2) is 9.78 Å². The van der Waals surface area contributed by atoms with Crippen molar-refractivity contribution in [2.24, 2.45) is 0 Å². The third kappa shape index (κ3) is 3.49. The molecule has 0 bridgehead atoms. The minimum atomic E-state index is -1.01. The van der Waals surface area contributed by atoms with Gasteiger partial charge in [0.2, 0.25) is 5.91 Å². The second kappa shape index (κ2) is 7.94. The Hall–Kier alpha value is -1.75. The van der Waals surface area contributed by atoms with Gasteiger partial charge in [-0.15, -0.1) is 11.8 Å². The average molecular weight is 438 g/mol. The van der Waals surface area contributed by atoms with Gasteiger partial charge in [0.25, 0.3) is 0 Å². The molecule has 2 fully saturated rings. The van der Waals surface area contributed by atoms with Crippen molar-refractivity contribution < 1.29 is 19.8 Å². The summed E-state index contributed by atoms with van der Waals surface area (Å²) in [7, 11) is 0. The molecule has 4 heterocycles. The van der Waals surface area contributed by atoms with E-state index >= 15 is 0 Å². The number of aliphatic hydroxyl groups is 1. The van der Waals surface area contributed by atoms with Crippen LogP contribution in [0.4, 0.5) is 5.13 Å². The topological polar surface area (TPSA) is 94.0 Å². The lowest BCUT2D eigenvalue weighted by molar-refractivity contribution is -0.145. The molecular formula is C18H19N3O4S3. The molecule has 5 rings (SSSR count). The number of carboxylic acid groups (broad SMARTS) is 1. The predicted octanol–water partition coefficient (Wildman–Crippen LogP) is 2.78.